The average molecular weight is 425 g/mol. The van der Waals surface area contributed by atoms with E-state index in [9.17, 15) is 13.2 Å². The predicted molar refractivity (Wildman–Crippen MR) is 110 cm³/mol. The molecule has 5 nitrogen and oxygen atoms in total. The minimum absolute atomic E-state index is 0.186. The summed E-state index contributed by atoms with van der Waals surface area (Å²) in [6, 6.07) is 7.03. The lowest BCUT2D eigenvalue weighted by molar-refractivity contribution is -0.140. The number of benzene rings is 1. The summed E-state index contributed by atoms with van der Waals surface area (Å²) in [5, 5.41) is 0.512. The van der Waals surface area contributed by atoms with E-state index in [1.807, 2.05) is 0 Å². The summed E-state index contributed by atoms with van der Waals surface area (Å²) in [7, 11) is -3.60. The van der Waals surface area contributed by atoms with E-state index in [1.165, 1.54) is 23.6 Å². The van der Waals surface area contributed by atoms with Crippen LogP contribution in [0.2, 0.25) is 5.02 Å². The van der Waals surface area contributed by atoms with Gasteiger partial charge in [0.1, 0.15) is 0 Å². The normalized spacial score (nSPS) is 24.8. The second-order valence-corrected chi connectivity index (χ2v) is 10.8. The van der Waals surface area contributed by atoms with Crippen molar-refractivity contribution in [2.45, 2.75) is 74.8 Å². The van der Waals surface area contributed by atoms with Crippen molar-refractivity contribution in [3.63, 3.8) is 0 Å². The first-order chi connectivity index (χ1) is 13.5. The van der Waals surface area contributed by atoms with Gasteiger partial charge in [-0.15, -0.1) is 0 Å². The van der Waals surface area contributed by atoms with Gasteiger partial charge in [-0.05, 0) is 62.8 Å². The number of rotatable bonds is 5. The van der Waals surface area contributed by atoms with Gasteiger partial charge in [0.05, 0.1) is 10.8 Å². The van der Waals surface area contributed by atoms with Crippen LogP contribution in [0.25, 0.3) is 0 Å². The van der Waals surface area contributed by atoms with Crippen LogP contribution in [0.4, 0.5) is 0 Å². The molecule has 4 rings (SSSR count). The summed E-state index contributed by atoms with van der Waals surface area (Å²) in [5.74, 6) is -0.0382. The maximum Gasteiger partial charge on any atom is 0.243 e. The molecule has 0 N–H and O–H groups in total. The van der Waals surface area contributed by atoms with Crippen molar-refractivity contribution in [3.05, 3.63) is 29.3 Å². The van der Waals surface area contributed by atoms with Gasteiger partial charge in [0.15, 0.2) is 0 Å². The number of hydrogen-bond acceptors (Lipinski definition) is 3. The van der Waals surface area contributed by atoms with Crippen LogP contribution in [-0.4, -0.2) is 48.7 Å². The monoisotopic (exact) mass is 424 g/mol. The molecule has 1 aromatic carbocycles. The number of halogens is 1. The molecule has 7 heteroatoms. The Hall–Kier alpha value is -1.11. The van der Waals surface area contributed by atoms with E-state index in [-0.39, 0.29) is 16.7 Å². The molecule has 1 saturated heterocycles. The predicted octanol–water partition coefficient (Wildman–Crippen LogP) is 4.06. The van der Waals surface area contributed by atoms with E-state index in [4.69, 9.17) is 11.6 Å². The van der Waals surface area contributed by atoms with E-state index < -0.39 is 10.0 Å². The SMILES string of the molecule is O=C(C1CCCN(S(=O)(=O)c2ccc(Cl)cc2)C1)N(C1CCCCC1)C1CC1. The third-order valence-electron chi connectivity index (χ3n) is 6.35. The first-order valence-electron chi connectivity index (χ1n) is 10.5. The number of sulfonamides is 1. The van der Waals surface area contributed by atoms with Crippen LogP contribution in [0.5, 0.6) is 0 Å². The Morgan fingerprint density at radius 1 is 0.929 bits per heavy atom. The topological polar surface area (TPSA) is 57.7 Å². The molecule has 1 atom stereocenters. The number of hydrogen-bond donors (Lipinski definition) is 0. The lowest BCUT2D eigenvalue weighted by atomic mass is 9.91. The van der Waals surface area contributed by atoms with E-state index >= 15 is 0 Å². The fourth-order valence-electron chi connectivity index (χ4n) is 4.70. The number of carbonyl (C=O) groups excluding carboxylic acids is 1. The van der Waals surface area contributed by atoms with Crippen LogP contribution in [0.1, 0.15) is 57.8 Å². The molecule has 2 aliphatic carbocycles. The van der Waals surface area contributed by atoms with Crippen molar-refractivity contribution in [3.8, 4) is 0 Å². The lowest BCUT2D eigenvalue weighted by Gasteiger charge is -2.39. The van der Waals surface area contributed by atoms with E-state index in [1.54, 1.807) is 24.3 Å². The summed E-state index contributed by atoms with van der Waals surface area (Å²) in [4.78, 5) is 15.8. The fraction of sp³-hybridized carbons (Fsp3) is 0.667. The average Bonchev–Trinajstić information content (AvgIpc) is 3.54. The number of piperidine rings is 1. The standard InChI is InChI=1S/C21H29ClN2O3S/c22-17-8-12-20(13-9-17)28(26,27)23-14-4-5-16(15-23)21(25)24(19-10-11-19)18-6-2-1-3-7-18/h8-9,12-13,16,18-19H,1-7,10-11,14-15H2. The Balaban J connectivity index is 1.49. The molecular formula is C21H29ClN2O3S. The van der Waals surface area contributed by atoms with Gasteiger partial charge >= 0.3 is 0 Å². The molecule has 2 saturated carbocycles. The van der Waals surface area contributed by atoms with Gasteiger partial charge in [-0.25, -0.2) is 8.42 Å². The summed E-state index contributed by atoms with van der Waals surface area (Å²) >= 11 is 5.90. The molecule has 1 heterocycles. The molecule has 0 aromatic heterocycles. The van der Waals surface area contributed by atoms with Crippen molar-refractivity contribution in [1.82, 2.24) is 9.21 Å². The molecule has 0 bridgehead atoms. The van der Waals surface area contributed by atoms with Gasteiger partial charge < -0.3 is 4.90 Å². The molecule has 3 fully saturated rings. The van der Waals surface area contributed by atoms with Gasteiger partial charge in [0, 0.05) is 30.2 Å². The highest BCUT2D eigenvalue weighted by Crippen LogP contribution is 2.36. The van der Waals surface area contributed by atoms with E-state index in [0.29, 0.717) is 30.2 Å². The van der Waals surface area contributed by atoms with Crippen LogP contribution >= 0.6 is 11.6 Å². The second kappa shape index (κ2) is 8.33. The molecule has 154 valence electrons. The smallest absolute Gasteiger partial charge is 0.243 e. The van der Waals surface area contributed by atoms with Crippen molar-refractivity contribution in [1.29, 1.82) is 0 Å². The summed E-state index contributed by atoms with van der Waals surface area (Å²) < 4.78 is 27.6. The van der Waals surface area contributed by atoms with E-state index in [2.05, 4.69) is 4.90 Å². The molecule has 1 amide bonds. The Labute approximate surface area is 173 Å². The van der Waals surface area contributed by atoms with Crippen LogP contribution in [0.15, 0.2) is 29.2 Å². The molecule has 3 aliphatic rings. The number of carbonyl (C=O) groups is 1. The first kappa shape index (κ1) is 20.2. The Morgan fingerprint density at radius 2 is 1.57 bits per heavy atom. The van der Waals surface area contributed by atoms with Crippen molar-refractivity contribution >= 4 is 27.5 Å². The van der Waals surface area contributed by atoms with Crippen molar-refractivity contribution in [2.24, 2.45) is 5.92 Å². The zero-order chi connectivity index (χ0) is 19.7. The highest BCUT2D eigenvalue weighted by Gasteiger charge is 2.42. The number of nitrogens with zero attached hydrogens (tertiary/aromatic N) is 2. The molecule has 1 aliphatic heterocycles. The summed E-state index contributed by atoms with van der Waals surface area (Å²) in [6.45, 7) is 0.765. The highest BCUT2D eigenvalue weighted by molar-refractivity contribution is 7.89. The largest absolute Gasteiger partial charge is 0.336 e. The maximum absolute atomic E-state index is 13.4. The first-order valence-corrected chi connectivity index (χ1v) is 12.4. The third kappa shape index (κ3) is 4.24. The Bertz CT molecular complexity index is 801. The molecule has 0 spiro atoms. The molecular weight excluding hydrogens is 396 g/mol. The van der Waals surface area contributed by atoms with Gasteiger partial charge in [0.2, 0.25) is 15.9 Å². The van der Waals surface area contributed by atoms with Crippen LogP contribution in [0.3, 0.4) is 0 Å². The molecule has 1 unspecified atom stereocenters. The zero-order valence-corrected chi connectivity index (χ0v) is 17.8. The van der Waals surface area contributed by atoms with Gasteiger partial charge in [-0.3, -0.25) is 4.79 Å². The van der Waals surface area contributed by atoms with E-state index in [0.717, 1.165) is 38.5 Å². The minimum Gasteiger partial charge on any atom is -0.336 e. The van der Waals surface area contributed by atoms with Crippen LogP contribution in [-0.2, 0) is 14.8 Å². The van der Waals surface area contributed by atoms with Crippen molar-refractivity contribution < 1.29 is 13.2 Å². The lowest BCUT2D eigenvalue weighted by Crippen LogP contribution is -2.50. The quantitative estimate of drug-likeness (QED) is 0.716. The fourth-order valence-corrected chi connectivity index (χ4v) is 6.35. The molecule has 0 radical (unpaired) electrons. The third-order valence-corrected chi connectivity index (χ3v) is 8.48. The van der Waals surface area contributed by atoms with Crippen molar-refractivity contribution in [2.75, 3.05) is 13.1 Å². The number of amides is 1. The highest BCUT2D eigenvalue weighted by atomic mass is 35.5. The zero-order valence-electron chi connectivity index (χ0n) is 16.2. The van der Waals surface area contributed by atoms with Gasteiger partial charge in [-0.1, -0.05) is 30.9 Å². The summed E-state index contributed by atoms with van der Waals surface area (Å²) in [5.41, 5.74) is 0. The molecule has 1 aromatic rings. The Morgan fingerprint density at radius 3 is 2.21 bits per heavy atom. The minimum atomic E-state index is -3.60. The van der Waals surface area contributed by atoms with Crippen LogP contribution in [0, 0.1) is 5.92 Å². The van der Waals surface area contributed by atoms with Gasteiger partial charge in [-0.2, -0.15) is 4.31 Å². The van der Waals surface area contributed by atoms with Crippen LogP contribution < -0.4 is 0 Å². The molecule has 28 heavy (non-hydrogen) atoms. The Kier molecular flexibility index (Phi) is 6.00. The van der Waals surface area contributed by atoms with Gasteiger partial charge in [0.25, 0.3) is 0 Å². The second-order valence-electron chi connectivity index (χ2n) is 8.42. The maximum atomic E-state index is 13.4. The summed E-state index contributed by atoms with van der Waals surface area (Å²) in [6.07, 6.45) is 9.56.